The fourth-order valence-electron chi connectivity index (χ4n) is 4.24. The molecule has 1 fully saturated rings. The molecule has 1 heteroatoms. The number of hydrogen-bond donors (Lipinski definition) is 1. The summed E-state index contributed by atoms with van der Waals surface area (Å²) in [5, 5.41) is 3.85. The second kappa shape index (κ2) is 5.28. The summed E-state index contributed by atoms with van der Waals surface area (Å²) in [7, 11) is 0. The zero-order chi connectivity index (χ0) is 13.3. The molecule has 1 aromatic carbocycles. The van der Waals surface area contributed by atoms with Crippen molar-refractivity contribution in [2.24, 2.45) is 5.92 Å². The van der Waals surface area contributed by atoms with Gasteiger partial charge in [0.1, 0.15) is 0 Å². The highest BCUT2D eigenvalue weighted by atomic mass is 15.0. The van der Waals surface area contributed by atoms with Crippen molar-refractivity contribution in [1.82, 2.24) is 5.32 Å². The molecule has 0 saturated carbocycles. The first kappa shape index (κ1) is 13.2. The van der Waals surface area contributed by atoms with Crippen molar-refractivity contribution >= 4 is 0 Å². The van der Waals surface area contributed by atoms with Crippen molar-refractivity contribution in [2.45, 2.75) is 63.8 Å². The highest BCUT2D eigenvalue weighted by molar-refractivity contribution is 5.33. The van der Waals surface area contributed by atoms with Crippen LogP contribution in [0, 0.1) is 5.92 Å². The Morgan fingerprint density at radius 1 is 1.26 bits per heavy atom. The van der Waals surface area contributed by atoms with Crippen LogP contribution in [0.2, 0.25) is 0 Å². The zero-order valence-corrected chi connectivity index (χ0v) is 12.4. The third kappa shape index (κ3) is 2.45. The number of nitrogens with one attached hydrogen (secondary N) is 1. The second-order valence-corrected chi connectivity index (χ2v) is 6.83. The molecule has 1 aromatic rings. The average molecular weight is 257 g/mol. The molecule has 0 radical (unpaired) electrons. The lowest BCUT2D eigenvalue weighted by Gasteiger charge is -2.39. The van der Waals surface area contributed by atoms with Crippen LogP contribution in [0.15, 0.2) is 24.3 Å². The van der Waals surface area contributed by atoms with Gasteiger partial charge in [-0.3, -0.25) is 0 Å². The Morgan fingerprint density at radius 3 is 2.84 bits per heavy atom. The van der Waals surface area contributed by atoms with Gasteiger partial charge in [0.05, 0.1) is 0 Å². The van der Waals surface area contributed by atoms with Crippen LogP contribution < -0.4 is 5.32 Å². The Labute approximate surface area is 117 Å². The number of benzene rings is 1. The lowest BCUT2D eigenvalue weighted by atomic mass is 9.71. The van der Waals surface area contributed by atoms with Gasteiger partial charge in [-0.05, 0) is 68.0 Å². The molecule has 19 heavy (non-hydrogen) atoms. The fourth-order valence-corrected chi connectivity index (χ4v) is 4.24. The Kier molecular flexibility index (Phi) is 3.66. The third-order valence-electron chi connectivity index (χ3n) is 5.49. The topological polar surface area (TPSA) is 12.0 Å². The molecule has 1 saturated heterocycles. The molecule has 2 unspecified atom stereocenters. The Balaban J connectivity index is 1.84. The van der Waals surface area contributed by atoms with E-state index < -0.39 is 0 Å². The predicted molar refractivity (Wildman–Crippen MR) is 81.5 cm³/mol. The fraction of sp³-hybridized carbons (Fsp3) is 0.667. The molecule has 2 aliphatic rings. The monoisotopic (exact) mass is 257 g/mol. The highest BCUT2D eigenvalue weighted by Gasteiger charge is 2.39. The van der Waals surface area contributed by atoms with Crippen LogP contribution in [0.4, 0.5) is 0 Å². The van der Waals surface area contributed by atoms with Crippen LogP contribution in [0.25, 0.3) is 0 Å². The lowest BCUT2D eigenvalue weighted by molar-refractivity contribution is 0.227. The van der Waals surface area contributed by atoms with Crippen molar-refractivity contribution in [3.8, 4) is 0 Å². The van der Waals surface area contributed by atoms with Gasteiger partial charge < -0.3 is 5.32 Å². The van der Waals surface area contributed by atoms with E-state index in [1.54, 1.807) is 11.1 Å². The minimum absolute atomic E-state index is 0.398. The van der Waals surface area contributed by atoms with E-state index in [1.807, 2.05) is 0 Å². The highest BCUT2D eigenvalue weighted by Crippen LogP contribution is 2.42. The summed E-state index contributed by atoms with van der Waals surface area (Å²) in [6, 6.07) is 9.14. The molecule has 1 nitrogen and oxygen atoms in total. The Hall–Kier alpha value is -0.820. The smallest absolute Gasteiger partial charge is 0.0210 e. The second-order valence-electron chi connectivity index (χ2n) is 6.83. The van der Waals surface area contributed by atoms with Crippen molar-refractivity contribution in [3.63, 3.8) is 0 Å². The largest absolute Gasteiger partial charge is 0.311 e. The molecule has 1 heterocycles. The Morgan fingerprint density at radius 2 is 2.11 bits per heavy atom. The molecule has 1 aliphatic carbocycles. The van der Waals surface area contributed by atoms with E-state index in [4.69, 9.17) is 0 Å². The average Bonchev–Trinajstić information content (AvgIpc) is 2.89. The first-order chi connectivity index (χ1) is 9.21. The van der Waals surface area contributed by atoms with Gasteiger partial charge >= 0.3 is 0 Å². The van der Waals surface area contributed by atoms with Crippen molar-refractivity contribution < 1.29 is 0 Å². The normalized spacial score (nSPS) is 30.6. The van der Waals surface area contributed by atoms with E-state index in [1.165, 1.54) is 45.1 Å². The molecule has 1 N–H and O–H groups in total. The maximum absolute atomic E-state index is 3.85. The van der Waals surface area contributed by atoms with Crippen molar-refractivity contribution in [1.29, 1.82) is 0 Å². The van der Waals surface area contributed by atoms with Crippen LogP contribution >= 0.6 is 0 Å². The summed E-state index contributed by atoms with van der Waals surface area (Å²) in [6.07, 6.45) is 8.09. The molecule has 1 aliphatic heterocycles. The van der Waals surface area contributed by atoms with Crippen molar-refractivity contribution in [2.75, 3.05) is 6.54 Å². The van der Waals surface area contributed by atoms with E-state index in [-0.39, 0.29) is 0 Å². The summed E-state index contributed by atoms with van der Waals surface area (Å²) in [5.41, 5.74) is 3.65. The maximum atomic E-state index is 3.85. The summed E-state index contributed by atoms with van der Waals surface area (Å²) in [4.78, 5) is 0. The van der Waals surface area contributed by atoms with Crippen LogP contribution in [0.5, 0.6) is 0 Å². The molecule has 0 amide bonds. The van der Waals surface area contributed by atoms with Gasteiger partial charge in [0.2, 0.25) is 0 Å². The van der Waals surface area contributed by atoms with Crippen LogP contribution in [-0.4, -0.2) is 12.1 Å². The summed E-state index contributed by atoms with van der Waals surface area (Å²) in [6.45, 7) is 6.01. The minimum atomic E-state index is 0.398. The van der Waals surface area contributed by atoms with Crippen LogP contribution in [0.1, 0.15) is 63.0 Å². The predicted octanol–water partition coefficient (Wildman–Crippen LogP) is 4.27. The molecule has 0 spiro atoms. The maximum Gasteiger partial charge on any atom is 0.0210 e. The van der Waals surface area contributed by atoms with Gasteiger partial charge in [-0.2, -0.15) is 0 Å². The van der Waals surface area contributed by atoms with Crippen molar-refractivity contribution in [3.05, 3.63) is 35.4 Å². The number of aryl methyl sites for hydroxylation is 1. The van der Waals surface area contributed by atoms with E-state index in [2.05, 4.69) is 43.4 Å². The van der Waals surface area contributed by atoms with Crippen LogP contribution in [-0.2, 0) is 6.42 Å². The standard InChI is InChI=1S/C18H27N/c1-14(2)18(11-6-12-19-18)13-16-9-5-8-15-7-3-4-10-17(15)16/h3-4,7,10,14,16,19H,5-6,8-9,11-13H2,1-2H3. The molecule has 0 bridgehead atoms. The molecule has 104 valence electrons. The first-order valence-electron chi connectivity index (χ1n) is 8.04. The Bertz CT molecular complexity index is 429. The van der Waals surface area contributed by atoms with Gasteiger partial charge in [-0.25, -0.2) is 0 Å². The summed E-state index contributed by atoms with van der Waals surface area (Å²) < 4.78 is 0. The summed E-state index contributed by atoms with van der Waals surface area (Å²) >= 11 is 0. The number of hydrogen-bond acceptors (Lipinski definition) is 1. The molecule has 3 rings (SSSR count). The number of fused-ring (bicyclic) bond motifs is 1. The number of rotatable bonds is 3. The van der Waals surface area contributed by atoms with Gasteiger partial charge in [-0.15, -0.1) is 0 Å². The van der Waals surface area contributed by atoms with E-state index in [9.17, 15) is 0 Å². The zero-order valence-electron chi connectivity index (χ0n) is 12.4. The van der Waals surface area contributed by atoms with E-state index >= 15 is 0 Å². The molecule has 2 atom stereocenters. The van der Waals surface area contributed by atoms with Gasteiger partial charge in [0, 0.05) is 5.54 Å². The third-order valence-corrected chi connectivity index (χ3v) is 5.49. The SMILES string of the molecule is CC(C)C1(CC2CCCc3ccccc32)CCCN1. The van der Waals surface area contributed by atoms with Gasteiger partial charge in [-0.1, -0.05) is 38.1 Å². The molecule has 0 aromatic heterocycles. The minimum Gasteiger partial charge on any atom is -0.311 e. The van der Waals surface area contributed by atoms with Gasteiger partial charge in [0.25, 0.3) is 0 Å². The first-order valence-corrected chi connectivity index (χ1v) is 8.04. The summed E-state index contributed by atoms with van der Waals surface area (Å²) in [5.74, 6) is 1.52. The van der Waals surface area contributed by atoms with Crippen LogP contribution in [0.3, 0.4) is 0 Å². The molecular weight excluding hydrogens is 230 g/mol. The van der Waals surface area contributed by atoms with E-state index in [0.717, 1.165) is 11.8 Å². The van der Waals surface area contributed by atoms with Gasteiger partial charge in [0.15, 0.2) is 0 Å². The quantitative estimate of drug-likeness (QED) is 0.852. The molecular formula is C18H27N. The van der Waals surface area contributed by atoms with E-state index in [0.29, 0.717) is 5.54 Å². The lowest BCUT2D eigenvalue weighted by Crippen LogP contribution is -2.46.